The molecule has 1 aromatic rings. The first kappa shape index (κ1) is 13.7. The lowest BCUT2D eigenvalue weighted by molar-refractivity contribution is -0.135. The van der Waals surface area contributed by atoms with Crippen LogP contribution < -0.4 is 15.5 Å². The smallest absolute Gasteiger partial charge is 0.241 e. The van der Waals surface area contributed by atoms with Crippen LogP contribution in [0.15, 0.2) is 18.6 Å². The molecule has 3 rings (SSSR count). The third kappa shape index (κ3) is 3.10. The molecule has 2 aliphatic rings. The third-order valence-electron chi connectivity index (χ3n) is 3.78. The van der Waals surface area contributed by atoms with Crippen molar-refractivity contribution in [2.45, 2.75) is 6.04 Å². The van der Waals surface area contributed by atoms with Gasteiger partial charge in [0.1, 0.15) is 11.9 Å². The van der Waals surface area contributed by atoms with Crippen LogP contribution >= 0.6 is 0 Å². The van der Waals surface area contributed by atoms with Gasteiger partial charge in [0, 0.05) is 45.1 Å². The molecule has 0 aliphatic carbocycles. The number of nitrogens with zero attached hydrogens (tertiary/aromatic N) is 4. The maximum Gasteiger partial charge on any atom is 0.241 e. The van der Waals surface area contributed by atoms with E-state index >= 15 is 0 Å². The maximum absolute atomic E-state index is 12.4. The number of rotatable bonds is 2. The van der Waals surface area contributed by atoms with Gasteiger partial charge >= 0.3 is 0 Å². The first-order chi connectivity index (χ1) is 10.2. The summed E-state index contributed by atoms with van der Waals surface area (Å²) >= 11 is 0. The Bertz CT molecular complexity index is 505. The number of hydrogen-bond acceptors (Lipinski definition) is 6. The summed E-state index contributed by atoms with van der Waals surface area (Å²) in [6, 6.07) is -0.314. The van der Waals surface area contributed by atoms with E-state index in [1.54, 1.807) is 18.6 Å². The van der Waals surface area contributed by atoms with Gasteiger partial charge in [-0.1, -0.05) is 0 Å². The van der Waals surface area contributed by atoms with E-state index in [1.807, 2.05) is 4.90 Å². The van der Waals surface area contributed by atoms with E-state index < -0.39 is 0 Å². The average Bonchev–Trinajstić information content (AvgIpc) is 2.56. The number of nitrogens with one attached hydrogen (secondary N) is 2. The Morgan fingerprint density at radius 1 is 1.24 bits per heavy atom. The monoisotopic (exact) mass is 290 g/mol. The highest BCUT2D eigenvalue weighted by molar-refractivity contribution is 5.87. The van der Waals surface area contributed by atoms with Crippen molar-refractivity contribution in [3.05, 3.63) is 18.6 Å². The zero-order chi connectivity index (χ0) is 14.7. The molecule has 0 radical (unpaired) electrons. The van der Waals surface area contributed by atoms with Crippen molar-refractivity contribution in [3.63, 3.8) is 0 Å². The second-order valence-electron chi connectivity index (χ2n) is 5.11. The molecule has 2 fully saturated rings. The van der Waals surface area contributed by atoms with Crippen LogP contribution in [-0.2, 0) is 9.59 Å². The van der Waals surface area contributed by atoms with Crippen LogP contribution in [0, 0.1) is 0 Å². The molecule has 0 aromatic carbocycles. The summed E-state index contributed by atoms with van der Waals surface area (Å²) in [6.45, 7) is 3.36. The molecule has 0 spiro atoms. The first-order valence-corrected chi connectivity index (χ1v) is 7.04. The van der Waals surface area contributed by atoms with Crippen molar-refractivity contribution in [1.82, 2.24) is 25.5 Å². The molecule has 2 amide bonds. The number of aromatic nitrogens is 2. The van der Waals surface area contributed by atoms with E-state index in [2.05, 4.69) is 25.5 Å². The van der Waals surface area contributed by atoms with Crippen molar-refractivity contribution < 1.29 is 9.59 Å². The van der Waals surface area contributed by atoms with E-state index in [9.17, 15) is 9.59 Å². The lowest BCUT2D eigenvalue weighted by atomic mass is 10.2. The zero-order valence-corrected chi connectivity index (χ0v) is 11.7. The summed E-state index contributed by atoms with van der Waals surface area (Å²) in [4.78, 5) is 35.7. The summed E-state index contributed by atoms with van der Waals surface area (Å²) in [5, 5.41) is 5.68. The molecule has 1 aromatic heterocycles. The molecule has 8 heteroatoms. The second-order valence-corrected chi connectivity index (χ2v) is 5.11. The van der Waals surface area contributed by atoms with Crippen LogP contribution in [0.1, 0.15) is 0 Å². The Labute approximate surface area is 122 Å². The van der Waals surface area contributed by atoms with Crippen molar-refractivity contribution in [2.75, 3.05) is 44.2 Å². The van der Waals surface area contributed by atoms with Gasteiger partial charge in [-0.05, 0) is 0 Å². The fourth-order valence-corrected chi connectivity index (χ4v) is 2.57. The summed E-state index contributed by atoms with van der Waals surface area (Å²) in [7, 11) is 0. The molecule has 1 atom stereocenters. The summed E-state index contributed by atoms with van der Waals surface area (Å²) in [6.07, 6.45) is 5.05. The lowest BCUT2D eigenvalue weighted by Crippen LogP contribution is -2.61. The van der Waals surface area contributed by atoms with Crippen LogP contribution in [0.4, 0.5) is 5.82 Å². The van der Waals surface area contributed by atoms with Crippen LogP contribution in [0.25, 0.3) is 0 Å². The zero-order valence-electron chi connectivity index (χ0n) is 11.7. The molecule has 21 heavy (non-hydrogen) atoms. The molecule has 1 unspecified atom stereocenters. The van der Waals surface area contributed by atoms with Crippen molar-refractivity contribution in [1.29, 1.82) is 0 Å². The minimum atomic E-state index is -0.314. The largest absolute Gasteiger partial charge is 0.353 e. The fourth-order valence-electron chi connectivity index (χ4n) is 2.57. The topological polar surface area (TPSA) is 90.5 Å². The Kier molecular flexibility index (Phi) is 3.96. The molecule has 2 aliphatic heterocycles. The van der Waals surface area contributed by atoms with E-state index in [4.69, 9.17) is 0 Å². The molecule has 2 saturated heterocycles. The van der Waals surface area contributed by atoms with Gasteiger partial charge in [-0.15, -0.1) is 0 Å². The number of anilines is 1. The maximum atomic E-state index is 12.4. The minimum Gasteiger partial charge on any atom is -0.353 e. The number of carbonyl (C=O) groups is 2. The third-order valence-corrected chi connectivity index (χ3v) is 3.78. The summed E-state index contributed by atoms with van der Waals surface area (Å²) < 4.78 is 0. The SMILES string of the molecule is O=C1CNC(C(=O)N2CCN(c3cnccn3)CC2)CN1. The minimum absolute atomic E-state index is 0.0498. The molecule has 0 bridgehead atoms. The Morgan fingerprint density at radius 2 is 2.05 bits per heavy atom. The molecule has 2 N–H and O–H groups in total. The molecule has 3 heterocycles. The fraction of sp³-hybridized carbons (Fsp3) is 0.538. The number of carbonyl (C=O) groups excluding carboxylic acids is 2. The molecule has 112 valence electrons. The number of hydrogen-bond donors (Lipinski definition) is 2. The molecule has 8 nitrogen and oxygen atoms in total. The first-order valence-electron chi connectivity index (χ1n) is 7.04. The van der Waals surface area contributed by atoms with E-state index in [0.717, 1.165) is 18.9 Å². The lowest BCUT2D eigenvalue weighted by Gasteiger charge is -2.37. The van der Waals surface area contributed by atoms with Crippen LogP contribution in [-0.4, -0.2) is 72.0 Å². The predicted molar refractivity (Wildman–Crippen MR) is 75.6 cm³/mol. The number of amides is 2. The van der Waals surface area contributed by atoms with Gasteiger partial charge in [-0.2, -0.15) is 0 Å². The molecular formula is C13H18N6O2. The van der Waals surface area contributed by atoms with Gasteiger partial charge in [-0.25, -0.2) is 4.98 Å². The molecule has 0 saturated carbocycles. The Balaban J connectivity index is 1.53. The Morgan fingerprint density at radius 3 is 2.67 bits per heavy atom. The standard InChI is InChI=1S/C13H18N6O2/c20-12-9-16-10(7-17-12)13(21)19-5-3-18(4-6-19)11-8-14-1-2-15-11/h1-2,8,10,16H,3-7,9H2,(H,17,20). The predicted octanol–water partition coefficient (Wildman–Crippen LogP) is -1.79. The van der Waals surface area contributed by atoms with Gasteiger partial charge in [-0.3, -0.25) is 19.9 Å². The Hall–Kier alpha value is -2.22. The van der Waals surface area contributed by atoms with Crippen molar-refractivity contribution in [3.8, 4) is 0 Å². The highest BCUT2D eigenvalue weighted by Crippen LogP contribution is 2.12. The van der Waals surface area contributed by atoms with Gasteiger partial charge in [0.05, 0.1) is 12.7 Å². The molecular weight excluding hydrogens is 272 g/mol. The highest BCUT2D eigenvalue weighted by atomic mass is 16.2. The van der Waals surface area contributed by atoms with E-state index in [1.165, 1.54) is 0 Å². The number of piperazine rings is 2. The van der Waals surface area contributed by atoms with Gasteiger partial charge in [0.25, 0.3) is 0 Å². The van der Waals surface area contributed by atoms with Gasteiger partial charge < -0.3 is 15.1 Å². The highest BCUT2D eigenvalue weighted by Gasteiger charge is 2.30. The quantitative estimate of drug-likeness (QED) is 0.669. The van der Waals surface area contributed by atoms with Crippen LogP contribution in [0.5, 0.6) is 0 Å². The van der Waals surface area contributed by atoms with E-state index in [0.29, 0.717) is 19.6 Å². The van der Waals surface area contributed by atoms with Gasteiger partial charge in [0.2, 0.25) is 11.8 Å². The van der Waals surface area contributed by atoms with E-state index in [-0.39, 0.29) is 24.4 Å². The van der Waals surface area contributed by atoms with Crippen LogP contribution in [0.2, 0.25) is 0 Å². The van der Waals surface area contributed by atoms with Crippen molar-refractivity contribution in [2.24, 2.45) is 0 Å². The summed E-state index contributed by atoms with van der Waals surface area (Å²) in [5.74, 6) is 0.827. The normalized spacial score (nSPS) is 22.9. The van der Waals surface area contributed by atoms with Crippen molar-refractivity contribution >= 4 is 17.6 Å². The second kappa shape index (κ2) is 6.04. The average molecular weight is 290 g/mol. The summed E-state index contributed by atoms with van der Waals surface area (Å²) in [5.41, 5.74) is 0. The van der Waals surface area contributed by atoms with Gasteiger partial charge in [0.15, 0.2) is 0 Å². The van der Waals surface area contributed by atoms with Crippen LogP contribution in [0.3, 0.4) is 0 Å².